The summed E-state index contributed by atoms with van der Waals surface area (Å²) in [4.78, 5) is 23.6. The topological polar surface area (TPSA) is 60.9 Å². The highest BCUT2D eigenvalue weighted by Crippen LogP contribution is 2.19. The molecule has 1 aromatic heterocycles. The number of aromatic nitrogens is 1. The number of thiazole rings is 1. The molecule has 8 heteroatoms. The third-order valence-electron chi connectivity index (χ3n) is 5.01. The van der Waals surface area contributed by atoms with Crippen molar-refractivity contribution in [3.8, 4) is 0 Å². The Morgan fingerprint density at radius 2 is 1.96 bits per heavy atom. The molecular weight excluding hydrogens is 338 g/mol. The molecule has 0 atom stereocenters. The fourth-order valence-electron chi connectivity index (χ4n) is 3.32. The monoisotopic (exact) mass is 367 g/mol. The van der Waals surface area contributed by atoms with Gasteiger partial charge in [-0.25, -0.2) is 4.98 Å². The first-order valence-corrected chi connectivity index (χ1v) is 9.89. The highest BCUT2D eigenvalue weighted by atomic mass is 32.1. The predicted octanol–water partition coefficient (Wildman–Crippen LogP) is 0.492. The van der Waals surface area contributed by atoms with Crippen LogP contribution in [0.25, 0.3) is 0 Å². The molecule has 3 heterocycles. The van der Waals surface area contributed by atoms with E-state index in [0.717, 1.165) is 57.6 Å². The van der Waals surface area contributed by atoms with Crippen molar-refractivity contribution in [1.29, 1.82) is 0 Å². The number of hydrogen-bond donors (Lipinski definition) is 1. The smallest absolute Gasteiger partial charge is 0.234 e. The molecular formula is C17H29N5O2S. The van der Waals surface area contributed by atoms with Gasteiger partial charge in [0.1, 0.15) is 0 Å². The molecule has 0 radical (unpaired) electrons. The van der Waals surface area contributed by atoms with Gasteiger partial charge in [0.05, 0.1) is 19.8 Å². The van der Waals surface area contributed by atoms with Crippen molar-refractivity contribution in [3.05, 3.63) is 11.6 Å². The average Bonchev–Trinajstić information content (AvgIpc) is 3.16. The van der Waals surface area contributed by atoms with Crippen LogP contribution in [0.3, 0.4) is 0 Å². The molecule has 0 unspecified atom stereocenters. The molecule has 7 nitrogen and oxygen atoms in total. The van der Waals surface area contributed by atoms with E-state index in [1.54, 1.807) is 11.3 Å². The number of hydrogen-bond acceptors (Lipinski definition) is 7. The minimum atomic E-state index is -0.0387. The van der Waals surface area contributed by atoms with Crippen molar-refractivity contribution in [3.63, 3.8) is 0 Å². The summed E-state index contributed by atoms with van der Waals surface area (Å²) in [6.45, 7) is 12.6. The highest BCUT2D eigenvalue weighted by molar-refractivity contribution is 7.13. The van der Waals surface area contributed by atoms with E-state index >= 15 is 0 Å². The molecule has 0 bridgehead atoms. The fraction of sp³-hybridized carbons (Fsp3) is 0.765. The molecule has 2 fully saturated rings. The minimum absolute atomic E-state index is 0.0387. The van der Waals surface area contributed by atoms with Gasteiger partial charge in [0.25, 0.3) is 0 Å². The number of carbonyl (C=O) groups is 1. The Morgan fingerprint density at radius 1 is 1.24 bits per heavy atom. The lowest BCUT2D eigenvalue weighted by Gasteiger charge is -2.41. The van der Waals surface area contributed by atoms with Gasteiger partial charge < -0.3 is 15.0 Å². The van der Waals surface area contributed by atoms with Crippen LogP contribution in [0, 0.1) is 0 Å². The zero-order valence-corrected chi connectivity index (χ0v) is 16.1. The van der Waals surface area contributed by atoms with E-state index in [1.807, 2.05) is 11.6 Å². The summed E-state index contributed by atoms with van der Waals surface area (Å²) in [6.07, 6.45) is 1.84. The molecule has 3 rings (SSSR count). The van der Waals surface area contributed by atoms with E-state index in [0.29, 0.717) is 13.1 Å². The lowest BCUT2D eigenvalue weighted by molar-refractivity contribution is -0.123. The molecule has 0 spiro atoms. The lowest BCUT2D eigenvalue weighted by atomic mass is 10.0. The lowest BCUT2D eigenvalue weighted by Crippen LogP contribution is -2.56. The zero-order valence-electron chi connectivity index (χ0n) is 15.2. The van der Waals surface area contributed by atoms with Gasteiger partial charge in [-0.1, -0.05) is 0 Å². The van der Waals surface area contributed by atoms with Crippen LogP contribution >= 0.6 is 11.3 Å². The molecule has 0 aromatic carbocycles. The number of morpholine rings is 1. The Hall–Kier alpha value is -1.22. The summed E-state index contributed by atoms with van der Waals surface area (Å²) in [5.41, 5.74) is -0.0387. The summed E-state index contributed by atoms with van der Waals surface area (Å²) in [5, 5.41) is 6.20. The van der Waals surface area contributed by atoms with Crippen LogP contribution < -0.4 is 10.2 Å². The largest absolute Gasteiger partial charge is 0.379 e. The maximum Gasteiger partial charge on any atom is 0.234 e. The molecule has 1 N–H and O–H groups in total. The predicted molar refractivity (Wildman–Crippen MR) is 100 cm³/mol. The Morgan fingerprint density at radius 3 is 2.60 bits per heavy atom. The van der Waals surface area contributed by atoms with Crippen molar-refractivity contribution >= 4 is 22.4 Å². The quantitative estimate of drug-likeness (QED) is 0.790. The summed E-state index contributed by atoms with van der Waals surface area (Å²) >= 11 is 1.67. The second-order valence-electron chi connectivity index (χ2n) is 7.27. The number of nitrogens with one attached hydrogen (secondary N) is 1. The standard InChI is InChI=1S/C17H29N5O2S/c1-17(2,22-8-10-24-11-9-22)14-19-15(23)13-20-4-6-21(7-5-20)16-18-3-12-25-16/h3,12H,4-11,13-14H2,1-2H3,(H,19,23). The van der Waals surface area contributed by atoms with Crippen LogP contribution in [-0.2, 0) is 9.53 Å². The Bertz CT molecular complexity index is 537. The number of rotatable bonds is 6. The third-order valence-corrected chi connectivity index (χ3v) is 5.85. The number of ether oxygens (including phenoxy) is 1. The van der Waals surface area contributed by atoms with Gasteiger partial charge in [0.15, 0.2) is 5.13 Å². The van der Waals surface area contributed by atoms with E-state index in [2.05, 4.69) is 38.8 Å². The van der Waals surface area contributed by atoms with Gasteiger partial charge in [-0.3, -0.25) is 14.6 Å². The molecule has 25 heavy (non-hydrogen) atoms. The van der Waals surface area contributed by atoms with Gasteiger partial charge >= 0.3 is 0 Å². The maximum absolute atomic E-state index is 12.3. The molecule has 2 aliphatic rings. The third kappa shape index (κ3) is 5.13. The van der Waals surface area contributed by atoms with Gasteiger partial charge in [-0.2, -0.15) is 0 Å². The molecule has 2 saturated heterocycles. The van der Waals surface area contributed by atoms with Crippen LogP contribution in [0.15, 0.2) is 11.6 Å². The van der Waals surface area contributed by atoms with Crippen molar-refractivity contribution in [1.82, 2.24) is 20.1 Å². The van der Waals surface area contributed by atoms with Crippen molar-refractivity contribution in [2.75, 3.05) is 70.5 Å². The number of piperazine rings is 1. The Balaban J connectivity index is 1.38. The van der Waals surface area contributed by atoms with Crippen LogP contribution in [0.5, 0.6) is 0 Å². The number of carbonyl (C=O) groups excluding carboxylic acids is 1. The van der Waals surface area contributed by atoms with Crippen LogP contribution in [0.2, 0.25) is 0 Å². The summed E-state index contributed by atoms with van der Waals surface area (Å²) in [5.74, 6) is 0.115. The summed E-state index contributed by atoms with van der Waals surface area (Å²) < 4.78 is 5.41. The van der Waals surface area contributed by atoms with Gasteiger partial charge in [0.2, 0.25) is 5.91 Å². The zero-order chi connectivity index (χ0) is 17.7. The number of nitrogens with zero attached hydrogens (tertiary/aromatic N) is 4. The normalized spacial score (nSPS) is 20.6. The van der Waals surface area contributed by atoms with Crippen molar-refractivity contribution < 1.29 is 9.53 Å². The molecule has 2 aliphatic heterocycles. The molecule has 1 aromatic rings. The first kappa shape index (κ1) is 18.6. The molecule has 0 aliphatic carbocycles. The molecule has 1 amide bonds. The van der Waals surface area contributed by atoms with Crippen LogP contribution in [0.1, 0.15) is 13.8 Å². The second-order valence-corrected chi connectivity index (χ2v) is 8.14. The first-order valence-electron chi connectivity index (χ1n) is 9.01. The maximum atomic E-state index is 12.3. The van der Waals surface area contributed by atoms with Crippen LogP contribution in [0.4, 0.5) is 5.13 Å². The number of amides is 1. The van der Waals surface area contributed by atoms with E-state index in [9.17, 15) is 4.79 Å². The Kier molecular flexibility index (Phi) is 6.27. The van der Waals surface area contributed by atoms with E-state index in [1.165, 1.54) is 0 Å². The SMILES string of the molecule is CC(C)(CNC(=O)CN1CCN(c2nccs2)CC1)N1CCOCC1. The minimum Gasteiger partial charge on any atom is -0.379 e. The van der Waals surface area contributed by atoms with E-state index in [-0.39, 0.29) is 11.4 Å². The highest BCUT2D eigenvalue weighted by Gasteiger charge is 2.29. The van der Waals surface area contributed by atoms with Gasteiger partial charge in [-0.15, -0.1) is 11.3 Å². The second kappa shape index (κ2) is 8.44. The van der Waals surface area contributed by atoms with E-state index in [4.69, 9.17) is 4.74 Å². The fourth-order valence-corrected chi connectivity index (χ4v) is 4.02. The van der Waals surface area contributed by atoms with E-state index < -0.39 is 0 Å². The van der Waals surface area contributed by atoms with Gasteiger partial charge in [-0.05, 0) is 13.8 Å². The first-order chi connectivity index (χ1) is 12.0. The number of anilines is 1. The van der Waals surface area contributed by atoms with Crippen molar-refractivity contribution in [2.24, 2.45) is 0 Å². The molecule has 140 valence electrons. The summed E-state index contributed by atoms with van der Waals surface area (Å²) in [6, 6.07) is 0. The average molecular weight is 368 g/mol. The summed E-state index contributed by atoms with van der Waals surface area (Å²) in [7, 11) is 0. The van der Waals surface area contributed by atoms with Crippen molar-refractivity contribution in [2.45, 2.75) is 19.4 Å². The molecule has 0 saturated carbocycles. The Labute approximate surface area is 153 Å². The van der Waals surface area contributed by atoms with Crippen LogP contribution in [-0.4, -0.2) is 91.8 Å². The van der Waals surface area contributed by atoms with Gasteiger partial charge in [0, 0.05) is 62.9 Å².